The van der Waals surface area contributed by atoms with Crippen LogP contribution in [0, 0.1) is 17.3 Å². The number of cyclic esters (lactones) is 1. The van der Waals surface area contributed by atoms with Crippen LogP contribution in [0.15, 0.2) is 41.5 Å². The summed E-state index contributed by atoms with van der Waals surface area (Å²) in [6.45, 7) is 6.56. The molecule has 8 heteroatoms. The Bertz CT molecular complexity index is 1210. The first kappa shape index (κ1) is 23.8. The first-order valence-electron chi connectivity index (χ1n) is 13.6. The quantitative estimate of drug-likeness (QED) is 0.457. The molecule has 3 aliphatic carbocycles. The number of hydrogen-bond donors (Lipinski definition) is 2. The molecule has 37 heavy (non-hydrogen) atoms. The highest BCUT2D eigenvalue weighted by Gasteiger charge is 2.94. The summed E-state index contributed by atoms with van der Waals surface area (Å²) in [5.74, 6) is -0.689. The number of carbonyl (C=O) groups excluding carboxylic acids is 2. The minimum absolute atomic E-state index is 0.000997. The van der Waals surface area contributed by atoms with Crippen molar-refractivity contribution in [3.63, 3.8) is 0 Å². The van der Waals surface area contributed by atoms with Crippen molar-refractivity contribution in [3.05, 3.63) is 47.0 Å². The third-order valence-electron chi connectivity index (χ3n) is 10.6. The second-order valence-electron chi connectivity index (χ2n) is 12.4. The van der Waals surface area contributed by atoms with E-state index in [4.69, 9.17) is 24.7 Å². The van der Waals surface area contributed by atoms with Gasteiger partial charge in [0.1, 0.15) is 41.7 Å². The Labute approximate surface area is 216 Å². The van der Waals surface area contributed by atoms with Crippen LogP contribution in [0.4, 0.5) is 0 Å². The molecule has 6 aliphatic rings. The second-order valence-corrected chi connectivity index (χ2v) is 12.4. The fourth-order valence-corrected chi connectivity index (χ4v) is 8.70. The molecule has 0 bridgehead atoms. The van der Waals surface area contributed by atoms with Gasteiger partial charge in [0.05, 0.1) is 0 Å². The molecule has 9 atom stereocenters. The predicted octanol–water partition coefficient (Wildman–Crippen LogP) is 2.21. The molecule has 1 aromatic rings. The number of fused-ring (bicyclic) bond motifs is 4. The van der Waals surface area contributed by atoms with E-state index >= 15 is 0 Å². The van der Waals surface area contributed by atoms with E-state index in [0.29, 0.717) is 38.7 Å². The lowest BCUT2D eigenvalue weighted by molar-refractivity contribution is -0.231. The van der Waals surface area contributed by atoms with E-state index < -0.39 is 40.3 Å². The van der Waals surface area contributed by atoms with Crippen molar-refractivity contribution in [2.75, 3.05) is 6.61 Å². The molecule has 0 unspecified atom stereocenters. The number of ether oxygens (including phenoxy) is 4. The largest absolute Gasteiger partial charge is 0.458 e. The Balaban J connectivity index is 1.24. The lowest BCUT2D eigenvalue weighted by Crippen LogP contribution is -2.74. The monoisotopic (exact) mass is 509 g/mol. The summed E-state index contributed by atoms with van der Waals surface area (Å²) >= 11 is 0. The maximum atomic E-state index is 13.4. The first-order valence-corrected chi connectivity index (χ1v) is 13.6. The summed E-state index contributed by atoms with van der Waals surface area (Å²) in [4.78, 5) is 25.7. The average Bonchev–Trinajstić information content (AvgIpc) is 3.76. The summed E-state index contributed by atoms with van der Waals surface area (Å²) in [5.41, 5.74) is 5.53. The van der Waals surface area contributed by atoms with Gasteiger partial charge in [0.2, 0.25) is 0 Å². The maximum Gasteiger partial charge on any atom is 0.334 e. The molecule has 198 valence electrons. The Morgan fingerprint density at radius 3 is 2.68 bits per heavy atom. The third kappa shape index (κ3) is 2.77. The zero-order valence-electron chi connectivity index (χ0n) is 21.6. The third-order valence-corrected chi connectivity index (χ3v) is 10.6. The molecule has 3 N–H and O–H groups in total. The van der Waals surface area contributed by atoms with Gasteiger partial charge >= 0.3 is 11.9 Å². The molecular weight excluding hydrogens is 474 g/mol. The molecular formula is C29H35NO7. The van der Waals surface area contributed by atoms with Crippen LogP contribution in [0.2, 0.25) is 0 Å². The molecule has 0 aromatic heterocycles. The van der Waals surface area contributed by atoms with Crippen LogP contribution in [0.3, 0.4) is 0 Å². The number of epoxide rings is 2. The first-order chi connectivity index (χ1) is 17.6. The van der Waals surface area contributed by atoms with Gasteiger partial charge < -0.3 is 29.8 Å². The molecule has 2 saturated carbocycles. The van der Waals surface area contributed by atoms with E-state index in [1.165, 1.54) is 0 Å². The van der Waals surface area contributed by atoms with E-state index in [1.54, 1.807) is 0 Å². The van der Waals surface area contributed by atoms with Gasteiger partial charge in [-0.1, -0.05) is 51.1 Å². The van der Waals surface area contributed by atoms with Crippen molar-refractivity contribution in [2.24, 2.45) is 23.0 Å². The minimum atomic E-state index is -1.43. The topological polar surface area (TPSA) is 124 Å². The van der Waals surface area contributed by atoms with Crippen molar-refractivity contribution in [1.29, 1.82) is 0 Å². The van der Waals surface area contributed by atoms with Gasteiger partial charge in [-0.25, -0.2) is 4.79 Å². The van der Waals surface area contributed by atoms with Crippen molar-refractivity contribution < 1.29 is 33.6 Å². The molecule has 8 nitrogen and oxygen atoms in total. The fourth-order valence-electron chi connectivity index (χ4n) is 8.70. The highest BCUT2D eigenvalue weighted by molar-refractivity contribution is 5.92. The molecule has 1 spiro atoms. The number of carbonyl (C=O) groups is 2. The van der Waals surface area contributed by atoms with Crippen molar-refractivity contribution in [3.8, 4) is 0 Å². The molecule has 3 aliphatic heterocycles. The van der Waals surface area contributed by atoms with Crippen molar-refractivity contribution in [1.82, 2.24) is 0 Å². The van der Waals surface area contributed by atoms with Crippen LogP contribution in [0.5, 0.6) is 0 Å². The van der Waals surface area contributed by atoms with E-state index in [2.05, 4.69) is 6.92 Å². The van der Waals surface area contributed by atoms with Crippen molar-refractivity contribution in [2.45, 2.75) is 94.0 Å². The Morgan fingerprint density at radius 2 is 1.95 bits per heavy atom. The number of esters is 2. The zero-order chi connectivity index (χ0) is 26.0. The summed E-state index contributed by atoms with van der Waals surface area (Å²) in [7, 11) is 0. The van der Waals surface area contributed by atoms with E-state index in [-0.39, 0.29) is 30.0 Å². The number of aliphatic hydroxyl groups is 1. The van der Waals surface area contributed by atoms with Gasteiger partial charge in [0.25, 0.3) is 0 Å². The standard InChI is InChI=1S/C29H35NO7/c1-15(2)28-21(36-28)22-29(37-22)26(3)11-9-17-18(14-34-23(17)31)19(26)10-12-27(29,33)25(28)35-24(32)20(30)13-16-7-5-4-6-8-16/h4-8,15,19-22,25,33H,9-14,30H2,1-3H3/t19-,20-,21-,22-,25-,26-,27+,28-,29+/m0/s1. The van der Waals surface area contributed by atoms with E-state index in [0.717, 1.165) is 16.7 Å². The van der Waals surface area contributed by atoms with Crippen LogP contribution in [0.1, 0.15) is 52.0 Å². The van der Waals surface area contributed by atoms with Gasteiger partial charge in [0.15, 0.2) is 6.10 Å². The van der Waals surface area contributed by atoms with E-state index in [9.17, 15) is 14.7 Å². The SMILES string of the molecule is CC(C)[C@]12O[C@H]1[C@@H]1O[C@@]13[C@@]1(C)CCC4=C(COC4=O)[C@@H]1CC[C@@]3(O)[C@@H]2OC(=O)[C@@H](N)Cc1ccccc1. The van der Waals surface area contributed by atoms with Gasteiger partial charge in [0, 0.05) is 11.0 Å². The molecule has 7 rings (SSSR count). The van der Waals surface area contributed by atoms with Crippen LogP contribution in [-0.2, 0) is 35.0 Å². The van der Waals surface area contributed by atoms with Crippen LogP contribution in [0.25, 0.3) is 0 Å². The van der Waals surface area contributed by atoms with Crippen LogP contribution < -0.4 is 5.73 Å². The van der Waals surface area contributed by atoms with Crippen LogP contribution in [-0.4, -0.2) is 64.8 Å². The highest BCUT2D eigenvalue weighted by atomic mass is 16.7. The fraction of sp³-hybridized carbons (Fsp3) is 0.655. The normalized spacial score (nSPS) is 45.6. The maximum absolute atomic E-state index is 13.4. The Hall–Kier alpha value is -2.26. The van der Waals surface area contributed by atoms with Gasteiger partial charge in [-0.3, -0.25) is 4.79 Å². The molecule has 3 heterocycles. The van der Waals surface area contributed by atoms with Crippen LogP contribution >= 0.6 is 0 Å². The summed E-state index contributed by atoms with van der Waals surface area (Å²) < 4.78 is 24.6. The zero-order valence-corrected chi connectivity index (χ0v) is 21.6. The molecule has 0 radical (unpaired) electrons. The molecule has 0 amide bonds. The molecule has 4 fully saturated rings. The van der Waals surface area contributed by atoms with Crippen molar-refractivity contribution >= 4 is 11.9 Å². The highest BCUT2D eigenvalue weighted by Crippen LogP contribution is 2.78. The van der Waals surface area contributed by atoms with E-state index in [1.807, 2.05) is 44.2 Å². The Kier molecular flexibility index (Phi) is 4.79. The average molecular weight is 510 g/mol. The predicted molar refractivity (Wildman–Crippen MR) is 131 cm³/mol. The van der Waals surface area contributed by atoms with Gasteiger partial charge in [-0.2, -0.15) is 0 Å². The molecule has 1 aromatic carbocycles. The number of rotatable bonds is 5. The number of hydrogen-bond acceptors (Lipinski definition) is 8. The summed E-state index contributed by atoms with van der Waals surface area (Å²) in [5, 5.41) is 12.6. The van der Waals surface area contributed by atoms with Gasteiger partial charge in [-0.05, 0) is 55.1 Å². The summed E-state index contributed by atoms with van der Waals surface area (Å²) in [6.07, 6.45) is 1.24. The summed E-state index contributed by atoms with van der Waals surface area (Å²) in [6, 6.07) is 8.74. The van der Waals surface area contributed by atoms with Gasteiger partial charge in [-0.15, -0.1) is 0 Å². The number of benzene rings is 1. The lowest BCUT2D eigenvalue weighted by Gasteiger charge is -2.59. The molecule has 2 saturated heterocycles. The second kappa shape index (κ2) is 7.44. The minimum Gasteiger partial charge on any atom is -0.458 e. The Morgan fingerprint density at radius 1 is 1.19 bits per heavy atom. The lowest BCUT2D eigenvalue weighted by atomic mass is 9.45. The smallest absolute Gasteiger partial charge is 0.334 e. The number of nitrogens with two attached hydrogens (primary N) is 1.